The van der Waals surface area contributed by atoms with Gasteiger partial charge in [-0.05, 0) is 25.9 Å². The maximum Gasteiger partial charge on any atom is 0.410 e. The Balaban J connectivity index is 2.30. The molecule has 1 rings (SSSR count). The van der Waals surface area contributed by atoms with Crippen LogP contribution in [0.5, 0.6) is 0 Å². The largest absolute Gasteiger partial charge is 0.443 e. The normalized spacial score (nSPS) is 20.5. The molecule has 0 saturated carbocycles. The number of cyclic esters (lactones) is 1. The summed E-state index contributed by atoms with van der Waals surface area (Å²) in [6, 6.07) is 0. The summed E-state index contributed by atoms with van der Waals surface area (Å²) in [7, 11) is 2.07. The Morgan fingerprint density at radius 1 is 1.59 bits per heavy atom. The molecule has 2 N–H and O–H groups in total. The van der Waals surface area contributed by atoms with Gasteiger partial charge in [-0.25, -0.2) is 4.79 Å². The average Bonchev–Trinajstić information content (AvgIpc) is 2.54. The number of amides is 1. The first-order valence-corrected chi connectivity index (χ1v) is 6.37. The van der Waals surface area contributed by atoms with E-state index in [-0.39, 0.29) is 12.2 Å². The zero-order valence-corrected chi connectivity index (χ0v) is 11.2. The van der Waals surface area contributed by atoms with Gasteiger partial charge in [-0.2, -0.15) is 0 Å². The van der Waals surface area contributed by atoms with Crippen LogP contribution in [0.15, 0.2) is 0 Å². The first-order valence-electron chi connectivity index (χ1n) is 6.37. The number of hydrogen-bond acceptors (Lipinski definition) is 4. The van der Waals surface area contributed by atoms with Crippen molar-refractivity contribution in [2.45, 2.75) is 26.4 Å². The zero-order valence-electron chi connectivity index (χ0n) is 11.2. The lowest BCUT2D eigenvalue weighted by atomic mass is 10.2. The van der Waals surface area contributed by atoms with E-state index in [4.69, 9.17) is 10.5 Å². The van der Waals surface area contributed by atoms with E-state index in [2.05, 4.69) is 25.8 Å². The van der Waals surface area contributed by atoms with Crippen molar-refractivity contribution in [3.8, 4) is 0 Å². The third kappa shape index (κ3) is 4.91. The Labute approximate surface area is 104 Å². The SMILES string of the molecule is CC(C)CN(C)CC1CN(CCCN)C(=O)O1. The second kappa shape index (κ2) is 6.81. The van der Waals surface area contributed by atoms with Gasteiger partial charge < -0.3 is 20.3 Å². The molecule has 0 spiro atoms. The molecule has 0 aromatic carbocycles. The van der Waals surface area contributed by atoms with Gasteiger partial charge >= 0.3 is 6.09 Å². The molecular weight excluding hydrogens is 218 g/mol. The number of nitrogens with two attached hydrogens (primary N) is 1. The lowest BCUT2D eigenvalue weighted by molar-refractivity contribution is 0.110. The predicted octanol–water partition coefficient (Wildman–Crippen LogP) is 0.744. The van der Waals surface area contributed by atoms with Crippen LogP contribution in [-0.2, 0) is 4.74 Å². The number of likely N-dealkylation sites (N-methyl/N-ethyl adjacent to an activating group) is 1. The molecule has 17 heavy (non-hydrogen) atoms. The number of ether oxygens (including phenoxy) is 1. The maximum atomic E-state index is 11.5. The van der Waals surface area contributed by atoms with Gasteiger partial charge in [0.1, 0.15) is 6.10 Å². The molecule has 0 radical (unpaired) electrons. The van der Waals surface area contributed by atoms with Crippen molar-refractivity contribution in [1.82, 2.24) is 9.80 Å². The molecule has 1 unspecified atom stereocenters. The molecule has 0 aliphatic carbocycles. The molecule has 1 fully saturated rings. The number of carbonyl (C=O) groups is 1. The summed E-state index contributed by atoms with van der Waals surface area (Å²) in [5.41, 5.74) is 5.44. The summed E-state index contributed by atoms with van der Waals surface area (Å²) in [6.45, 7) is 8.22. The standard InChI is InChI=1S/C12H25N3O2/c1-10(2)7-14(3)8-11-9-15(6-4-5-13)12(16)17-11/h10-11H,4-9,13H2,1-3H3. The smallest absolute Gasteiger partial charge is 0.410 e. The molecule has 0 aromatic rings. The molecule has 1 aliphatic heterocycles. The highest BCUT2D eigenvalue weighted by atomic mass is 16.6. The predicted molar refractivity (Wildman–Crippen MR) is 67.8 cm³/mol. The van der Waals surface area contributed by atoms with E-state index in [1.807, 2.05) is 0 Å². The van der Waals surface area contributed by atoms with Gasteiger partial charge in [-0.15, -0.1) is 0 Å². The van der Waals surface area contributed by atoms with Crippen LogP contribution in [0.25, 0.3) is 0 Å². The van der Waals surface area contributed by atoms with E-state index in [0.29, 0.717) is 25.6 Å². The van der Waals surface area contributed by atoms with Crippen molar-refractivity contribution in [1.29, 1.82) is 0 Å². The molecule has 1 saturated heterocycles. The Hall–Kier alpha value is -0.810. The van der Waals surface area contributed by atoms with Crippen LogP contribution in [0.1, 0.15) is 20.3 Å². The zero-order chi connectivity index (χ0) is 12.8. The van der Waals surface area contributed by atoms with Crippen LogP contribution in [0, 0.1) is 5.92 Å². The molecular formula is C12H25N3O2. The fourth-order valence-electron chi connectivity index (χ4n) is 2.18. The number of rotatable bonds is 7. The van der Waals surface area contributed by atoms with E-state index in [1.54, 1.807) is 4.90 Å². The number of nitrogens with zero attached hydrogens (tertiary/aromatic N) is 2. The molecule has 1 aliphatic rings. The topological polar surface area (TPSA) is 58.8 Å². The van der Waals surface area contributed by atoms with E-state index in [0.717, 1.165) is 19.5 Å². The van der Waals surface area contributed by atoms with Gasteiger partial charge in [0.2, 0.25) is 0 Å². The van der Waals surface area contributed by atoms with Crippen molar-refractivity contribution in [2.75, 3.05) is 39.8 Å². The minimum Gasteiger partial charge on any atom is -0.443 e. The van der Waals surface area contributed by atoms with Gasteiger partial charge in [0.15, 0.2) is 0 Å². The van der Waals surface area contributed by atoms with Crippen molar-refractivity contribution >= 4 is 6.09 Å². The van der Waals surface area contributed by atoms with E-state index in [1.165, 1.54) is 0 Å². The average molecular weight is 243 g/mol. The first kappa shape index (κ1) is 14.3. The highest BCUT2D eigenvalue weighted by Crippen LogP contribution is 2.12. The molecule has 1 heterocycles. The Morgan fingerprint density at radius 3 is 2.88 bits per heavy atom. The Morgan fingerprint density at radius 2 is 2.29 bits per heavy atom. The van der Waals surface area contributed by atoms with Crippen molar-refractivity contribution in [3.05, 3.63) is 0 Å². The molecule has 5 heteroatoms. The fourth-order valence-corrected chi connectivity index (χ4v) is 2.18. The third-order valence-electron chi connectivity index (χ3n) is 2.77. The summed E-state index contributed by atoms with van der Waals surface area (Å²) in [5, 5.41) is 0. The van der Waals surface area contributed by atoms with Crippen molar-refractivity contribution in [3.63, 3.8) is 0 Å². The summed E-state index contributed by atoms with van der Waals surface area (Å²) in [4.78, 5) is 15.5. The molecule has 5 nitrogen and oxygen atoms in total. The second-order valence-electron chi connectivity index (χ2n) is 5.21. The van der Waals surface area contributed by atoms with Crippen LogP contribution in [0.3, 0.4) is 0 Å². The highest BCUT2D eigenvalue weighted by Gasteiger charge is 2.31. The minimum atomic E-state index is -0.193. The fraction of sp³-hybridized carbons (Fsp3) is 0.917. The molecule has 100 valence electrons. The number of hydrogen-bond donors (Lipinski definition) is 1. The van der Waals surface area contributed by atoms with Crippen LogP contribution in [0.4, 0.5) is 4.79 Å². The molecule has 1 atom stereocenters. The van der Waals surface area contributed by atoms with E-state index >= 15 is 0 Å². The maximum absolute atomic E-state index is 11.5. The third-order valence-corrected chi connectivity index (χ3v) is 2.77. The van der Waals surface area contributed by atoms with Gasteiger partial charge in [0.25, 0.3) is 0 Å². The van der Waals surface area contributed by atoms with Gasteiger partial charge in [0.05, 0.1) is 6.54 Å². The first-order chi connectivity index (χ1) is 8.02. The van der Waals surface area contributed by atoms with Crippen LogP contribution in [-0.4, -0.2) is 61.8 Å². The van der Waals surface area contributed by atoms with E-state index in [9.17, 15) is 4.79 Å². The van der Waals surface area contributed by atoms with Gasteiger partial charge in [-0.3, -0.25) is 0 Å². The summed E-state index contributed by atoms with van der Waals surface area (Å²) in [5.74, 6) is 0.630. The summed E-state index contributed by atoms with van der Waals surface area (Å²) < 4.78 is 5.33. The van der Waals surface area contributed by atoms with Crippen molar-refractivity contribution < 1.29 is 9.53 Å². The van der Waals surface area contributed by atoms with Gasteiger partial charge in [-0.1, -0.05) is 13.8 Å². The van der Waals surface area contributed by atoms with Crippen LogP contribution < -0.4 is 5.73 Å². The number of carbonyl (C=O) groups excluding carboxylic acids is 1. The Bertz CT molecular complexity index is 246. The second-order valence-corrected chi connectivity index (χ2v) is 5.21. The van der Waals surface area contributed by atoms with Crippen LogP contribution in [0.2, 0.25) is 0 Å². The summed E-state index contributed by atoms with van der Waals surface area (Å²) in [6.07, 6.45) is 0.648. The quantitative estimate of drug-likeness (QED) is 0.716. The van der Waals surface area contributed by atoms with Gasteiger partial charge in [0, 0.05) is 19.6 Å². The monoisotopic (exact) mass is 243 g/mol. The lowest BCUT2D eigenvalue weighted by Crippen LogP contribution is -2.34. The summed E-state index contributed by atoms with van der Waals surface area (Å²) >= 11 is 0. The Kier molecular flexibility index (Phi) is 5.71. The molecule has 1 amide bonds. The minimum absolute atomic E-state index is 0.00373. The highest BCUT2D eigenvalue weighted by molar-refractivity contribution is 5.69. The van der Waals surface area contributed by atoms with Crippen LogP contribution >= 0.6 is 0 Å². The molecule has 0 bridgehead atoms. The lowest BCUT2D eigenvalue weighted by Gasteiger charge is -2.21. The van der Waals surface area contributed by atoms with E-state index < -0.39 is 0 Å². The molecule has 0 aromatic heterocycles. The van der Waals surface area contributed by atoms with Crippen molar-refractivity contribution in [2.24, 2.45) is 11.7 Å².